The second-order valence-electron chi connectivity index (χ2n) is 8.52. The Morgan fingerprint density at radius 3 is 2.66 bits per heavy atom. The molecule has 8 heteroatoms. The van der Waals surface area contributed by atoms with E-state index in [1.807, 2.05) is 24.1 Å². The summed E-state index contributed by atoms with van der Waals surface area (Å²) in [6, 6.07) is 9.11. The Balaban J connectivity index is 1.52. The average Bonchev–Trinajstić information content (AvgIpc) is 3.27. The molecule has 1 aromatic carbocycles. The monoisotopic (exact) mass is 440 g/mol. The smallest absolute Gasteiger partial charge is 0.194 e. The first-order valence-corrected chi connectivity index (χ1v) is 11.7. The molecule has 1 N–H and O–H groups in total. The number of benzene rings is 1. The summed E-state index contributed by atoms with van der Waals surface area (Å²) in [6.45, 7) is 11.5. The van der Waals surface area contributed by atoms with Crippen molar-refractivity contribution < 1.29 is 9.47 Å². The van der Waals surface area contributed by atoms with E-state index in [-0.39, 0.29) is 12.1 Å². The first kappa shape index (κ1) is 22.8. The minimum atomic E-state index is 0.00782. The van der Waals surface area contributed by atoms with Gasteiger partial charge in [-0.05, 0) is 19.4 Å². The molecule has 3 heterocycles. The van der Waals surface area contributed by atoms with Crippen LogP contribution in [0.5, 0.6) is 0 Å². The van der Waals surface area contributed by atoms with E-state index in [9.17, 15) is 0 Å². The number of nitrogens with zero attached hydrogens (tertiary/aromatic N) is 5. The lowest BCUT2D eigenvalue weighted by Gasteiger charge is -2.36. The molecule has 2 aliphatic rings. The second kappa shape index (κ2) is 10.9. The Morgan fingerprint density at radius 2 is 1.97 bits per heavy atom. The molecule has 2 unspecified atom stereocenters. The first-order valence-electron chi connectivity index (χ1n) is 11.7. The van der Waals surface area contributed by atoms with Gasteiger partial charge in [0.15, 0.2) is 5.96 Å². The van der Waals surface area contributed by atoms with E-state index in [1.165, 1.54) is 11.1 Å². The lowest BCUT2D eigenvalue weighted by Crippen LogP contribution is -2.48. The average molecular weight is 441 g/mol. The maximum atomic E-state index is 6.04. The van der Waals surface area contributed by atoms with Gasteiger partial charge in [0.1, 0.15) is 6.10 Å². The third-order valence-electron chi connectivity index (χ3n) is 6.16. The molecule has 0 bridgehead atoms. The van der Waals surface area contributed by atoms with Crippen LogP contribution in [0.4, 0.5) is 0 Å². The highest BCUT2D eigenvalue weighted by Crippen LogP contribution is 2.24. The van der Waals surface area contributed by atoms with Crippen molar-refractivity contribution in [2.45, 2.75) is 26.0 Å². The zero-order valence-electron chi connectivity index (χ0n) is 19.5. The van der Waals surface area contributed by atoms with Crippen molar-refractivity contribution in [2.24, 2.45) is 12.0 Å². The number of aromatic nitrogens is 2. The van der Waals surface area contributed by atoms with Crippen LogP contribution in [0, 0.1) is 6.92 Å². The van der Waals surface area contributed by atoms with Crippen LogP contribution < -0.4 is 5.32 Å². The Labute approximate surface area is 191 Å². The predicted octanol–water partition coefficient (Wildman–Crippen LogP) is 2.14. The molecule has 2 saturated heterocycles. The van der Waals surface area contributed by atoms with Crippen LogP contribution in [-0.2, 0) is 16.5 Å². The fourth-order valence-electron chi connectivity index (χ4n) is 4.36. The van der Waals surface area contributed by atoms with Gasteiger partial charge < -0.3 is 19.7 Å². The Bertz CT molecular complexity index is 875. The van der Waals surface area contributed by atoms with Crippen molar-refractivity contribution in [3.05, 3.63) is 53.3 Å². The summed E-state index contributed by atoms with van der Waals surface area (Å²) in [5.74, 6) is 0.954. The Kier molecular flexibility index (Phi) is 7.78. The lowest BCUT2D eigenvalue weighted by molar-refractivity contribution is -0.00823. The van der Waals surface area contributed by atoms with Crippen LogP contribution in [0.15, 0.2) is 41.7 Å². The molecular formula is C24H36N6O2. The highest BCUT2D eigenvalue weighted by molar-refractivity contribution is 5.80. The molecule has 2 fully saturated rings. The third-order valence-corrected chi connectivity index (χ3v) is 6.16. The highest BCUT2D eigenvalue weighted by atomic mass is 16.5. The zero-order valence-corrected chi connectivity index (χ0v) is 19.5. The summed E-state index contributed by atoms with van der Waals surface area (Å²) in [4.78, 5) is 9.93. The van der Waals surface area contributed by atoms with Crippen molar-refractivity contribution in [2.75, 3.05) is 59.1 Å². The standard InChI is InChI=1S/C24H36N6O2/c1-4-25-24(30-11-14-32-23(18-30)21-15-27-28(3)17-21)26-16-22(29-9-12-31-13-10-29)20-7-5-19(2)6-8-20/h5-8,15,17,22-23H,4,9-14,16,18H2,1-3H3,(H,25,26). The number of hydrogen-bond donors (Lipinski definition) is 1. The minimum Gasteiger partial charge on any atom is -0.379 e. The summed E-state index contributed by atoms with van der Waals surface area (Å²) in [6.07, 6.45) is 3.93. The maximum Gasteiger partial charge on any atom is 0.194 e. The van der Waals surface area contributed by atoms with Crippen molar-refractivity contribution >= 4 is 5.96 Å². The van der Waals surface area contributed by atoms with Crippen LogP contribution in [0.2, 0.25) is 0 Å². The van der Waals surface area contributed by atoms with Gasteiger partial charge in [-0.2, -0.15) is 5.10 Å². The fraction of sp³-hybridized carbons (Fsp3) is 0.583. The molecule has 174 valence electrons. The van der Waals surface area contributed by atoms with Crippen LogP contribution in [-0.4, -0.2) is 84.6 Å². The van der Waals surface area contributed by atoms with Crippen molar-refractivity contribution in [3.8, 4) is 0 Å². The normalized spacial score (nSPS) is 21.5. The number of nitrogens with one attached hydrogen (secondary N) is 1. The molecule has 32 heavy (non-hydrogen) atoms. The predicted molar refractivity (Wildman–Crippen MR) is 126 cm³/mol. The fourth-order valence-corrected chi connectivity index (χ4v) is 4.36. The number of hydrogen-bond acceptors (Lipinski definition) is 5. The van der Waals surface area contributed by atoms with Gasteiger partial charge in [-0.1, -0.05) is 29.8 Å². The summed E-state index contributed by atoms with van der Waals surface area (Å²) in [5, 5.41) is 7.81. The Morgan fingerprint density at radius 1 is 1.19 bits per heavy atom. The first-order chi connectivity index (χ1) is 15.6. The van der Waals surface area contributed by atoms with Crippen molar-refractivity contribution in [1.82, 2.24) is 24.9 Å². The van der Waals surface area contributed by atoms with E-state index in [0.29, 0.717) is 13.2 Å². The molecule has 0 radical (unpaired) electrons. The van der Waals surface area contributed by atoms with Gasteiger partial charge in [0.25, 0.3) is 0 Å². The number of morpholine rings is 2. The van der Waals surface area contributed by atoms with E-state index in [2.05, 4.69) is 58.3 Å². The quantitative estimate of drug-likeness (QED) is 0.548. The zero-order chi connectivity index (χ0) is 22.3. The van der Waals surface area contributed by atoms with Gasteiger partial charge in [0.05, 0.1) is 45.1 Å². The van der Waals surface area contributed by atoms with E-state index >= 15 is 0 Å². The molecule has 2 atom stereocenters. The molecule has 0 spiro atoms. The third kappa shape index (κ3) is 5.68. The number of ether oxygens (including phenoxy) is 2. The molecule has 1 aromatic heterocycles. The van der Waals surface area contributed by atoms with Gasteiger partial charge in [0, 0.05) is 45.0 Å². The van der Waals surface area contributed by atoms with Gasteiger partial charge >= 0.3 is 0 Å². The van der Waals surface area contributed by atoms with Crippen LogP contribution in [0.3, 0.4) is 0 Å². The molecular weight excluding hydrogens is 404 g/mol. The molecule has 8 nitrogen and oxygen atoms in total. The van der Waals surface area contributed by atoms with Gasteiger partial charge in [-0.3, -0.25) is 14.6 Å². The van der Waals surface area contributed by atoms with Crippen molar-refractivity contribution in [1.29, 1.82) is 0 Å². The number of guanidine groups is 1. The summed E-state index contributed by atoms with van der Waals surface area (Å²) >= 11 is 0. The van der Waals surface area contributed by atoms with Crippen LogP contribution in [0.1, 0.15) is 35.8 Å². The van der Waals surface area contributed by atoms with E-state index in [0.717, 1.165) is 57.5 Å². The topological polar surface area (TPSA) is 67.2 Å². The summed E-state index contributed by atoms with van der Waals surface area (Å²) in [5.41, 5.74) is 3.70. The molecule has 2 aromatic rings. The van der Waals surface area contributed by atoms with Gasteiger partial charge in [0.2, 0.25) is 0 Å². The van der Waals surface area contributed by atoms with E-state index in [4.69, 9.17) is 14.5 Å². The van der Waals surface area contributed by atoms with E-state index in [1.54, 1.807) is 0 Å². The molecule has 0 saturated carbocycles. The van der Waals surface area contributed by atoms with Crippen molar-refractivity contribution in [3.63, 3.8) is 0 Å². The molecule has 0 amide bonds. The van der Waals surface area contributed by atoms with Gasteiger partial charge in [-0.15, -0.1) is 0 Å². The molecule has 4 rings (SSSR count). The minimum absolute atomic E-state index is 0.00782. The molecule has 0 aliphatic carbocycles. The lowest BCUT2D eigenvalue weighted by atomic mass is 10.0. The molecule has 2 aliphatic heterocycles. The maximum absolute atomic E-state index is 6.04. The number of rotatable bonds is 6. The summed E-state index contributed by atoms with van der Waals surface area (Å²) in [7, 11) is 1.94. The van der Waals surface area contributed by atoms with Gasteiger partial charge in [-0.25, -0.2) is 0 Å². The summed E-state index contributed by atoms with van der Waals surface area (Å²) < 4.78 is 13.5. The van der Waals surface area contributed by atoms with Crippen LogP contribution >= 0.6 is 0 Å². The SMILES string of the molecule is CCNC(=NCC(c1ccc(C)cc1)N1CCOCC1)N1CCOC(c2cnn(C)c2)C1. The number of aliphatic imine (C=N–C) groups is 1. The van der Waals surface area contributed by atoms with E-state index < -0.39 is 0 Å². The Hall–Kier alpha value is -2.42. The second-order valence-corrected chi connectivity index (χ2v) is 8.52. The van der Waals surface area contributed by atoms with Crippen LogP contribution in [0.25, 0.3) is 0 Å². The highest BCUT2D eigenvalue weighted by Gasteiger charge is 2.27. The number of aryl methyl sites for hydroxylation is 2. The largest absolute Gasteiger partial charge is 0.379 e.